The Morgan fingerprint density at radius 2 is 1.69 bits per heavy atom. The normalized spacial score (nSPS) is 14.9. The van der Waals surface area contributed by atoms with E-state index in [4.69, 9.17) is 4.74 Å². The van der Waals surface area contributed by atoms with E-state index < -0.39 is 17.6 Å². The molecule has 0 radical (unpaired) electrons. The summed E-state index contributed by atoms with van der Waals surface area (Å²) in [6.07, 6.45) is -2.02. The highest BCUT2D eigenvalue weighted by Gasteiger charge is 2.32. The van der Waals surface area contributed by atoms with Crippen LogP contribution < -0.4 is 10.1 Å². The Morgan fingerprint density at radius 3 is 2.44 bits per heavy atom. The van der Waals surface area contributed by atoms with Crippen molar-refractivity contribution in [3.8, 4) is 22.6 Å². The summed E-state index contributed by atoms with van der Waals surface area (Å²) in [5.41, 5.74) is 2.01. The van der Waals surface area contributed by atoms with E-state index in [1.807, 2.05) is 0 Å². The van der Waals surface area contributed by atoms with Gasteiger partial charge in [0.05, 0.1) is 12.2 Å². The van der Waals surface area contributed by atoms with E-state index in [9.17, 15) is 23.1 Å². The van der Waals surface area contributed by atoms with E-state index in [0.29, 0.717) is 40.8 Å². The lowest BCUT2D eigenvalue weighted by Gasteiger charge is -2.14. The van der Waals surface area contributed by atoms with Crippen LogP contribution in [0, 0.1) is 0 Å². The number of carbonyl (C=O) groups excluding carboxylic acids is 1. The number of rotatable bonds is 3. The molecule has 0 saturated carbocycles. The molecule has 1 aliphatic rings. The van der Waals surface area contributed by atoms with Gasteiger partial charge in [0.15, 0.2) is 0 Å². The molecule has 0 spiro atoms. The first-order valence-electron chi connectivity index (χ1n) is 10.1. The van der Waals surface area contributed by atoms with Gasteiger partial charge in [0.25, 0.3) is 0 Å². The number of para-hydroxylation sites is 2. The summed E-state index contributed by atoms with van der Waals surface area (Å²) >= 11 is 0. The number of carbonyl (C=O) groups is 1. The number of phenols is 1. The molecule has 3 aromatic rings. The molecule has 4 rings (SSSR count). The fourth-order valence-electron chi connectivity index (χ4n) is 3.67. The van der Waals surface area contributed by atoms with Gasteiger partial charge in [-0.05, 0) is 42.7 Å². The second-order valence-electron chi connectivity index (χ2n) is 7.38. The Morgan fingerprint density at radius 1 is 0.969 bits per heavy atom. The number of allylic oxidation sites excluding steroid dienone is 1. The molecule has 32 heavy (non-hydrogen) atoms. The number of ether oxygens (including phenoxy) is 1. The van der Waals surface area contributed by atoms with Crippen molar-refractivity contribution in [2.24, 2.45) is 0 Å². The van der Waals surface area contributed by atoms with Crippen molar-refractivity contribution in [2.75, 3.05) is 11.9 Å². The smallest absolute Gasteiger partial charge is 0.416 e. The SMILES string of the molecule is O=C(C=C1CCCOc2cc(C(F)(F)F)ccc21)Nc1ccccc1-c1ccccc1O. The summed E-state index contributed by atoms with van der Waals surface area (Å²) in [6.45, 7) is 0.267. The highest BCUT2D eigenvalue weighted by atomic mass is 19.4. The zero-order valence-electron chi connectivity index (χ0n) is 16.9. The highest BCUT2D eigenvalue weighted by Crippen LogP contribution is 2.38. The van der Waals surface area contributed by atoms with Gasteiger partial charge < -0.3 is 15.2 Å². The zero-order valence-corrected chi connectivity index (χ0v) is 16.9. The fraction of sp³-hybridized carbons (Fsp3) is 0.160. The summed E-state index contributed by atoms with van der Waals surface area (Å²) in [5.74, 6) is -0.218. The van der Waals surface area contributed by atoms with Crippen molar-refractivity contribution in [2.45, 2.75) is 19.0 Å². The summed E-state index contributed by atoms with van der Waals surface area (Å²) in [4.78, 5) is 12.8. The van der Waals surface area contributed by atoms with Crippen LogP contribution in [0.5, 0.6) is 11.5 Å². The minimum atomic E-state index is -4.47. The molecular weight excluding hydrogens is 419 g/mol. The predicted molar refractivity (Wildman–Crippen MR) is 116 cm³/mol. The Kier molecular flexibility index (Phi) is 5.90. The molecule has 1 amide bonds. The number of amides is 1. The second kappa shape index (κ2) is 8.78. The van der Waals surface area contributed by atoms with E-state index in [0.717, 1.165) is 12.1 Å². The van der Waals surface area contributed by atoms with Gasteiger partial charge in [0, 0.05) is 28.5 Å². The van der Waals surface area contributed by atoms with Gasteiger partial charge in [-0.1, -0.05) is 42.5 Å². The van der Waals surface area contributed by atoms with Gasteiger partial charge in [-0.15, -0.1) is 0 Å². The van der Waals surface area contributed by atoms with Crippen molar-refractivity contribution in [1.82, 2.24) is 0 Å². The number of benzene rings is 3. The molecule has 0 bridgehead atoms. The highest BCUT2D eigenvalue weighted by molar-refractivity contribution is 6.06. The maximum atomic E-state index is 13.1. The minimum absolute atomic E-state index is 0.0860. The number of aromatic hydroxyl groups is 1. The number of phenolic OH excluding ortho intramolecular Hbond substituents is 1. The van der Waals surface area contributed by atoms with E-state index in [1.165, 1.54) is 12.1 Å². The Balaban J connectivity index is 1.64. The number of hydrogen-bond acceptors (Lipinski definition) is 3. The maximum absolute atomic E-state index is 13.1. The quantitative estimate of drug-likeness (QED) is 0.473. The third-order valence-corrected chi connectivity index (χ3v) is 5.19. The molecule has 0 saturated heterocycles. The number of fused-ring (bicyclic) bond motifs is 1. The number of nitrogens with one attached hydrogen (secondary N) is 1. The molecule has 2 N–H and O–H groups in total. The van der Waals surface area contributed by atoms with Crippen molar-refractivity contribution in [3.63, 3.8) is 0 Å². The predicted octanol–water partition coefficient (Wildman–Crippen LogP) is 6.27. The topological polar surface area (TPSA) is 58.6 Å². The first-order chi connectivity index (χ1) is 15.3. The standard InChI is InChI=1S/C25H20F3NO3/c26-25(27,28)17-11-12-18-16(6-5-13-32-23(18)15-17)14-24(31)29-21-9-3-1-7-19(21)20-8-2-4-10-22(20)30/h1-4,7-12,14-15,30H,5-6,13H2,(H,29,31). The largest absolute Gasteiger partial charge is 0.507 e. The molecule has 1 heterocycles. The molecule has 0 fully saturated rings. The van der Waals surface area contributed by atoms with E-state index >= 15 is 0 Å². The van der Waals surface area contributed by atoms with Crippen LogP contribution in [0.2, 0.25) is 0 Å². The molecule has 1 aliphatic heterocycles. The number of hydrogen-bond donors (Lipinski definition) is 2. The molecule has 0 aromatic heterocycles. The first kappa shape index (κ1) is 21.5. The summed E-state index contributed by atoms with van der Waals surface area (Å²) in [7, 11) is 0. The molecule has 4 nitrogen and oxygen atoms in total. The second-order valence-corrected chi connectivity index (χ2v) is 7.38. The minimum Gasteiger partial charge on any atom is -0.507 e. The molecule has 0 unspecified atom stereocenters. The van der Waals surface area contributed by atoms with E-state index in [-0.39, 0.29) is 18.1 Å². The monoisotopic (exact) mass is 439 g/mol. The van der Waals surface area contributed by atoms with Crippen LogP contribution in [0.15, 0.2) is 72.8 Å². The van der Waals surface area contributed by atoms with Gasteiger partial charge in [0.2, 0.25) is 5.91 Å². The van der Waals surface area contributed by atoms with Crippen molar-refractivity contribution in [1.29, 1.82) is 0 Å². The average molecular weight is 439 g/mol. The number of alkyl halides is 3. The number of anilines is 1. The van der Waals surface area contributed by atoms with Crippen LogP contribution in [0.4, 0.5) is 18.9 Å². The van der Waals surface area contributed by atoms with Gasteiger partial charge in [-0.25, -0.2) is 0 Å². The third kappa shape index (κ3) is 4.61. The van der Waals surface area contributed by atoms with Crippen molar-refractivity contribution >= 4 is 17.2 Å². The third-order valence-electron chi connectivity index (χ3n) is 5.19. The van der Waals surface area contributed by atoms with Gasteiger partial charge in [0.1, 0.15) is 11.5 Å². The average Bonchev–Trinajstić information content (AvgIpc) is 2.96. The lowest BCUT2D eigenvalue weighted by atomic mass is 9.98. The van der Waals surface area contributed by atoms with Gasteiger partial charge in [-0.2, -0.15) is 13.2 Å². The number of halogens is 3. The summed E-state index contributed by atoms with van der Waals surface area (Å²) in [5, 5.41) is 13.0. The fourth-order valence-corrected chi connectivity index (χ4v) is 3.67. The van der Waals surface area contributed by atoms with Crippen LogP contribution in [-0.4, -0.2) is 17.6 Å². The Bertz CT molecular complexity index is 1190. The van der Waals surface area contributed by atoms with Crippen LogP contribution in [0.25, 0.3) is 16.7 Å². The summed E-state index contributed by atoms with van der Waals surface area (Å²) < 4.78 is 44.7. The lowest BCUT2D eigenvalue weighted by Crippen LogP contribution is -2.10. The van der Waals surface area contributed by atoms with Crippen LogP contribution in [0.3, 0.4) is 0 Å². The lowest BCUT2D eigenvalue weighted by molar-refractivity contribution is -0.137. The Labute approximate surface area is 183 Å². The van der Waals surface area contributed by atoms with Gasteiger partial charge in [-0.3, -0.25) is 4.79 Å². The zero-order chi connectivity index (χ0) is 22.7. The van der Waals surface area contributed by atoms with E-state index in [1.54, 1.807) is 48.5 Å². The van der Waals surface area contributed by atoms with Crippen LogP contribution >= 0.6 is 0 Å². The van der Waals surface area contributed by atoms with Crippen molar-refractivity contribution < 1.29 is 27.8 Å². The van der Waals surface area contributed by atoms with Gasteiger partial charge >= 0.3 is 6.18 Å². The van der Waals surface area contributed by atoms with Crippen LogP contribution in [-0.2, 0) is 11.0 Å². The molecule has 0 atom stereocenters. The Hall–Kier alpha value is -3.74. The molecule has 164 valence electrons. The first-order valence-corrected chi connectivity index (χ1v) is 10.1. The van der Waals surface area contributed by atoms with Crippen molar-refractivity contribution in [3.05, 3.63) is 83.9 Å². The molecular formula is C25H20F3NO3. The van der Waals surface area contributed by atoms with E-state index in [2.05, 4.69) is 5.32 Å². The maximum Gasteiger partial charge on any atom is 0.416 e. The molecule has 3 aromatic carbocycles. The molecule has 7 heteroatoms. The van der Waals surface area contributed by atoms with Crippen LogP contribution in [0.1, 0.15) is 24.0 Å². The molecule has 0 aliphatic carbocycles. The summed E-state index contributed by atoms with van der Waals surface area (Å²) in [6, 6.07) is 17.2.